The van der Waals surface area contributed by atoms with E-state index in [1.54, 1.807) is 0 Å². The van der Waals surface area contributed by atoms with Crippen LogP contribution < -0.4 is 0 Å². The van der Waals surface area contributed by atoms with E-state index >= 15 is 0 Å². The van der Waals surface area contributed by atoms with Crippen LogP contribution in [0.4, 0.5) is 0 Å². The Bertz CT molecular complexity index is 4150. The van der Waals surface area contributed by atoms with E-state index < -0.39 is 0 Å². The SMILES string of the molecule is c1ccc(-n2c3ccccc3c3cc4c(cc32)c2ccc(-c3ccc(-n5c6ccccc6c6ccc7c8ccccc8n(-c8ccccc8)c7c65)cc3)cc2n4-c2ccccc2)cc1. The summed E-state index contributed by atoms with van der Waals surface area (Å²) in [5, 5.41) is 9.95. The molecule has 64 heavy (non-hydrogen) atoms. The number of rotatable bonds is 5. The van der Waals surface area contributed by atoms with Crippen molar-refractivity contribution in [3.8, 4) is 33.9 Å². The van der Waals surface area contributed by atoms with Gasteiger partial charge in [0.25, 0.3) is 0 Å². The van der Waals surface area contributed by atoms with Gasteiger partial charge in [-0.05, 0) is 96.1 Å². The summed E-state index contributed by atoms with van der Waals surface area (Å²) in [4.78, 5) is 0. The van der Waals surface area contributed by atoms with Crippen molar-refractivity contribution in [3.05, 3.63) is 231 Å². The van der Waals surface area contributed by atoms with Gasteiger partial charge >= 0.3 is 0 Å². The molecule has 4 heteroatoms. The molecule has 4 heterocycles. The third kappa shape index (κ3) is 4.93. The fraction of sp³-hybridized carbons (Fsp3) is 0. The van der Waals surface area contributed by atoms with Gasteiger partial charge in [0, 0.05) is 65.8 Å². The van der Waals surface area contributed by atoms with E-state index in [2.05, 4.69) is 249 Å². The molecule has 0 N–H and O–H groups in total. The van der Waals surface area contributed by atoms with Gasteiger partial charge in [0.2, 0.25) is 0 Å². The van der Waals surface area contributed by atoms with Crippen LogP contribution in [-0.4, -0.2) is 18.3 Å². The van der Waals surface area contributed by atoms with Crippen molar-refractivity contribution in [1.29, 1.82) is 0 Å². The van der Waals surface area contributed by atoms with Gasteiger partial charge < -0.3 is 18.3 Å². The standard InChI is InChI=1S/C60H38N4/c1-4-16-41(17-5-1)61-53-25-13-12-24-47(53)51-37-58-52(38-57(51)61)48-33-30-40(36-56(48)62(58)42-18-6-2-7-19-42)39-28-31-44(32-29-39)64-55-27-15-11-23-46(55)50-35-34-49-45-22-10-14-26-54(45)63(59(49)60(50)64)43-20-8-3-9-21-43/h1-38H. The third-order valence-corrected chi connectivity index (χ3v) is 13.5. The summed E-state index contributed by atoms with van der Waals surface area (Å²) in [7, 11) is 0. The first kappa shape index (κ1) is 35.0. The molecule has 298 valence electrons. The quantitative estimate of drug-likeness (QED) is 0.165. The Balaban J connectivity index is 0.978. The van der Waals surface area contributed by atoms with E-state index in [1.165, 1.54) is 98.4 Å². The van der Waals surface area contributed by atoms with Crippen molar-refractivity contribution >= 4 is 87.2 Å². The summed E-state index contributed by atoms with van der Waals surface area (Å²) in [5.74, 6) is 0. The largest absolute Gasteiger partial charge is 0.309 e. The zero-order valence-corrected chi connectivity index (χ0v) is 34.7. The van der Waals surface area contributed by atoms with Crippen LogP contribution in [-0.2, 0) is 0 Å². The van der Waals surface area contributed by atoms with Crippen molar-refractivity contribution in [1.82, 2.24) is 18.3 Å². The first-order chi connectivity index (χ1) is 31.8. The van der Waals surface area contributed by atoms with Crippen LogP contribution in [0.3, 0.4) is 0 Å². The van der Waals surface area contributed by atoms with Crippen molar-refractivity contribution < 1.29 is 0 Å². The predicted molar refractivity (Wildman–Crippen MR) is 269 cm³/mol. The molecule has 0 radical (unpaired) electrons. The molecule has 0 saturated heterocycles. The van der Waals surface area contributed by atoms with Crippen LogP contribution in [0.5, 0.6) is 0 Å². The van der Waals surface area contributed by atoms with Gasteiger partial charge in [0.15, 0.2) is 0 Å². The van der Waals surface area contributed by atoms with Gasteiger partial charge in [-0.1, -0.05) is 146 Å². The molecule has 4 aromatic heterocycles. The minimum Gasteiger partial charge on any atom is -0.309 e. The van der Waals surface area contributed by atoms with Gasteiger partial charge in [0.1, 0.15) is 0 Å². The third-order valence-electron chi connectivity index (χ3n) is 13.5. The minimum absolute atomic E-state index is 1.13. The average Bonchev–Trinajstić information content (AvgIpc) is 4.09. The van der Waals surface area contributed by atoms with Crippen molar-refractivity contribution in [2.45, 2.75) is 0 Å². The first-order valence-electron chi connectivity index (χ1n) is 22.0. The zero-order chi connectivity index (χ0) is 41.9. The van der Waals surface area contributed by atoms with Crippen LogP contribution in [0.2, 0.25) is 0 Å². The van der Waals surface area contributed by atoms with Crippen LogP contribution in [0.1, 0.15) is 0 Å². The number of hydrogen-bond acceptors (Lipinski definition) is 0. The molecule has 0 amide bonds. The molecular weight excluding hydrogens is 777 g/mol. The number of fused-ring (bicyclic) bond motifs is 13. The fourth-order valence-electron chi connectivity index (χ4n) is 10.8. The summed E-state index contributed by atoms with van der Waals surface area (Å²) in [5.41, 5.74) is 16.6. The highest BCUT2D eigenvalue weighted by molar-refractivity contribution is 6.24. The molecular formula is C60H38N4. The Hall–Kier alpha value is -8.60. The molecule has 0 aliphatic heterocycles. The minimum atomic E-state index is 1.13. The molecule has 0 spiro atoms. The molecule has 0 bridgehead atoms. The maximum Gasteiger partial charge on any atom is 0.0788 e. The maximum absolute atomic E-state index is 2.47. The summed E-state index contributed by atoms with van der Waals surface area (Å²) in [6.07, 6.45) is 0. The van der Waals surface area contributed by atoms with Crippen LogP contribution >= 0.6 is 0 Å². The van der Waals surface area contributed by atoms with Crippen molar-refractivity contribution in [2.24, 2.45) is 0 Å². The van der Waals surface area contributed by atoms with Gasteiger partial charge in [0.05, 0.1) is 44.1 Å². The van der Waals surface area contributed by atoms with E-state index in [4.69, 9.17) is 0 Å². The Morgan fingerprint density at radius 2 is 0.516 bits per heavy atom. The summed E-state index contributed by atoms with van der Waals surface area (Å²) in [6, 6.07) is 84.4. The number of para-hydroxylation sites is 6. The van der Waals surface area contributed by atoms with Crippen LogP contribution in [0, 0.1) is 0 Å². The Kier molecular flexibility index (Phi) is 7.36. The number of nitrogens with zero attached hydrogens (tertiary/aromatic N) is 4. The lowest BCUT2D eigenvalue weighted by molar-refractivity contribution is 1.15. The maximum atomic E-state index is 2.47. The summed E-state index contributed by atoms with van der Waals surface area (Å²) >= 11 is 0. The topological polar surface area (TPSA) is 19.7 Å². The van der Waals surface area contributed by atoms with E-state index in [0.29, 0.717) is 0 Å². The van der Waals surface area contributed by atoms with Gasteiger partial charge in [-0.25, -0.2) is 0 Å². The van der Waals surface area contributed by atoms with E-state index in [1.807, 2.05) is 0 Å². The van der Waals surface area contributed by atoms with E-state index in [0.717, 1.165) is 22.7 Å². The molecule has 0 saturated carbocycles. The van der Waals surface area contributed by atoms with Crippen molar-refractivity contribution in [3.63, 3.8) is 0 Å². The molecule has 14 rings (SSSR count). The smallest absolute Gasteiger partial charge is 0.0788 e. The normalized spacial score (nSPS) is 12.1. The lowest BCUT2D eigenvalue weighted by Gasteiger charge is -2.13. The van der Waals surface area contributed by atoms with Gasteiger partial charge in [-0.3, -0.25) is 0 Å². The fourth-order valence-corrected chi connectivity index (χ4v) is 10.8. The highest BCUT2D eigenvalue weighted by Crippen LogP contribution is 2.43. The average molecular weight is 815 g/mol. The number of hydrogen-bond donors (Lipinski definition) is 0. The second-order valence-corrected chi connectivity index (χ2v) is 16.9. The molecule has 0 fully saturated rings. The molecule has 0 aliphatic rings. The predicted octanol–water partition coefficient (Wildman–Crippen LogP) is 15.7. The molecule has 10 aromatic carbocycles. The molecule has 0 atom stereocenters. The first-order valence-corrected chi connectivity index (χ1v) is 22.0. The summed E-state index contributed by atoms with van der Waals surface area (Å²) in [6.45, 7) is 0. The highest BCUT2D eigenvalue weighted by atomic mass is 15.0. The number of benzene rings is 10. The Morgan fingerprint density at radius 3 is 1.02 bits per heavy atom. The second-order valence-electron chi connectivity index (χ2n) is 16.9. The highest BCUT2D eigenvalue weighted by Gasteiger charge is 2.22. The lowest BCUT2D eigenvalue weighted by Crippen LogP contribution is -1.98. The molecule has 0 unspecified atom stereocenters. The van der Waals surface area contributed by atoms with Crippen LogP contribution in [0.25, 0.3) is 121 Å². The Morgan fingerprint density at radius 1 is 0.188 bits per heavy atom. The van der Waals surface area contributed by atoms with Gasteiger partial charge in [-0.2, -0.15) is 0 Å². The number of aromatic nitrogens is 4. The lowest BCUT2D eigenvalue weighted by atomic mass is 10.0. The monoisotopic (exact) mass is 814 g/mol. The molecule has 14 aromatic rings. The van der Waals surface area contributed by atoms with Gasteiger partial charge in [-0.15, -0.1) is 0 Å². The molecule has 0 aliphatic carbocycles. The second kappa shape index (κ2) is 13.4. The Labute approximate surface area is 368 Å². The summed E-state index contributed by atoms with van der Waals surface area (Å²) < 4.78 is 9.78. The zero-order valence-electron chi connectivity index (χ0n) is 34.7. The van der Waals surface area contributed by atoms with Crippen molar-refractivity contribution in [2.75, 3.05) is 0 Å². The van der Waals surface area contributed by atoms with E-state index in [-0.39, 0.29) is 0 Å². The van der Waals surface area contributed by atoms with E-state index in [9.17, 15) is 0 Å². The molecule has 4 nitrogen and oxygen atoms in total. The van der Waals surface area contributed by atoms with Crippen LogP contribution in [0.15, 0.2) is 231 Å².